The van der Waals surface area contributed by atoms with Crippen molar-refractivity contribution in [2.24, 2.45) is 5.92 Å². The molecule has 3 N–H and O–H groups in total. The van der Waals surface area contributed by atoms with Gasteiger partial charge in [0.25, 0.3) is 5.91 Å². The molecule has 2 rings (SSSR count). The number of rotatable bonds is 11. The molecule has 0 saturated carbocycles. The molecule has 0 aliphatic rings. The summed E-state index contributed by atoms with van der Waals surface area (Å²) in [7, 11) is 3.39. The topological polar surface area (TPSA) is 62.4 Å². The van der Waals surface area contributed by atoms with Crippen LogP contribution in [0.5, 0.6) is 5.75 Å². The van der Waals surface area contributed by atoms with Gasteiger partial charge in [-0.2, -0.15) is 0 Å². The number of anilines is 1. The molecule has 0 fully saturated rings. The third kappa shape index (κ3) is 15.6. The predicted octanol–water partition coefficient (Wildman–Crippen LogP) is 8.15. The SMILES string of the molecule is C/C=C(\C)c1ccc(OC)c(F)c1.C/C=C\C(C)C.C=C(C)Nc1ccc(C(=O)NCCCCNC)c(C)c1. The van der Waals surface area contributed by atoms with Crippen LogP contribution in [0.25, 0.3) is 5.57 Å². The van der Waals surface area contributed by atoms with Gasteiger partial charge < -0.3 is 20.7 Å². The molecule has 0 unspecified atom stereocenters. The first-order valence-electron chi connectivity index (χ1n) is 13.6. The van der Waals surface area contributed by atoms with Crippen LogP contribution in [0.2, 0.25) is 0 Å². The highest BCUT2D eigenvalue weighted by Gasteiger charge is 2.09. The third-order valence-electron chi connectivity index (χ3n) is 5.59. The quantitative estimate of drug-likeness (QED) is 0.199. The van der Waals surface area contributed by atoms with E-state index in [2.05, 4.69) is 48.5 Å². The molecule has 0 aromatic heterocycles. The minimum atomic E-state index is -0.318. The first kappa shape index (κ1) is 35.6. The van der Waals surface area contributed by atoms with Gasteiger partial charge in [0.1, 0.15) is 0 Å². The van der Waals surface area contributed by atoms with Gasteiger partial charge in [-0.15, -0.1) is 0 Å². The zero-order chi connectivity index (χ0) is 29.8. The maximum absolute atomic E-state index is 13.2. The molecule has 0 atom stereocenters. The zero-order valence-electron chi connectivity index (χ0n) is 25.5. The first-order valence-corrected chi connectivity index (χ1v) is 13.6. The van der Waals surface area contributed by atoms with E-state index in [-0.39, 0.29) is 17.5 Å². The molecule has 5 nitrogen and oxygen atoms in total. The Labute approximate surface area is 236 Å². The fourth-order valence-electron chi connectivity index (χ4n) is 3.43. The molecule has 2 aromatic rings. The number of hydrogen-bond acceptors (Lipinski definition) is 4. The smallest absolute Gasteiger partial charge is 0.251 e. The highest BCUT2D eigenvalue weighted by molar-refractivity contribution is 5.96. The number of ether oxygens (including phenoxy) is 1. The van der Waals surface area contributed by atoms with E-state index >= 15 is 0 Å². The highest BCUT2D eigenvalue weighted by atomic mass is 19.1. The van der Waals surface area contributed by atoms with Crippen molar-refractivity contribution in [2.45, 2.75) is 61.3 Å². The maximum Gasteiger partial charge on any atom is 0.251 e. The number of methoxy groups -OCH3 is 1. The number of unbranched alkanes of at least 4 members (excludes halogenated alkanes) is 1. The first-order chi connectivity index (χ1) is 18.5. The van der Waals surface area contributed by atoms with Crippen molar-refractivity contribution >= 4 is 17.2 Å². The van der Waals surface area contributed by atoms with Crippen LogP contribution in [0.1, 0.15) is 75.9 Å². The Morgan fingerprint density at radius 1 is 1.08 bits per heavy atom. The molecule has 0 aliphatic carbocycles. The minimum Gasteiger partial charge on any atom is -0.494 e. The van der Waals surface area contributed by atoms with Crippen molar-refractivity contribution in [3.8, 4) is 5.75 Å². The van der Waals surface area contributed by atoms with Crippen molar-refractivity contribution in [3.05, 3.63) is 89.4 Å². The molecule has 216 valence electrons. The number of carbonyl (C=O) groups is 1. The highest BCUT2D eigenvalue weighted by Crippen LogP contribution is 2.22. The molecule has 0 bridgehead atoms. The monoisotopic (exact) mass is 539 g/mol. The Morgan fingerprint density at radius 3 is 2.21 bits per heavy atom. The molecule has 0 heterocycles. The standard InChI is InChI=1S/C16H25N3O.C11H13FO.C6H12/c1-12(2)19-14-7-8-15(13(3)11-14)16(20)18-10-6-5-9-17-4;1-4-8(2)9-5-6-11(13-3)10(12)7-9;1-4-5-6(2)3/h7-8,11,17,19H,1,5-6,9-10H2,2-4H3,(H,18,20);4-7H,1-3H3;4-6H,1-3H3/b;8-4+;5-4-. The largest absolute Gasteiger partial charge is 0.494 e. The second-order valence-corrected chi connectivity index (χ2v) is 9.59. The van der Waals surface area contributed by atoms with Crippen LogP contribution in [0.3, 0.4) is 0 Å². The number of carbonyl (C=O) groups excluding carboxylic acids is 1. The summed E-state index contributed by atoms with van der Waals surface area (Å²) in [6.07, 6.45) is 8.24. The Hall–Kier alpha value is -3.38. The van der Waals surface area contributed by atoms with E-state index < -0.39 is 0 Å². The second kappa shape index (κ2) is 20.6. The molecular formula is C33H50FN3O2. The van der Waals surface area contributed by atoms with Crippen molar-refractivity contribution in [1.29, 1.82) is 0 Å². The summed E-state index contributed by atoms with van der Waals surface area (Å²) >= 11 is 0. The number of benzene rings is 2. The molecule has 39 heavy (non-hydrogen) atoms. The van der Waals surface area contributed by atoms with E-state index in [9.17, 15) is 9.18 Å². The van der Waals surface area contributed by atoms with Crippen molar-refractivity contribution in [3.63, 3.8) is 0 Å². The summed E-state index contributed by atoms with van der Waals surface area (Å²) in [6, 6.07) is 10.7. The van der Waals surface area contributed by atoms with Crippen molar-refractivity contribution in [2.75, 3.05) is 32.6 Å². The maximum atomic E-state index is 13.2. The summed E-state index contributed by atoms with van der Waals surface area (Å²) in [5.41, 5.74) is 5.48. The molecule has 2 aromatic carbocycles. The lowest BCUT2D eigenvalue weighted by molar-refractivity contribution is 0.0952. The Kier molecular flexibility index (Phi) is 18.8. The molecule has 6 heteroatoms. The average Bonchev–Trinajstić information content (AvgIpc) is 2.88. The van der Waals surface area contributed by atoms with Gasteiger partial charge >= 0.3 is 0 Å². The van der Waals surface area contributed by atoms with E-state index in [1.807, 2.05) is 72.0 Å². The van der Waals surface area contributed by atoms with E-state index in [0.29, 0.717) is 6.54 Å². The van der Waals surface area contributed by atoms with Crippen molar-refractivity contribution in [1.82, 2.24) is 10.6 Å². The van der Waals surface area contributed by atoms with E-state index in [1.54, 1.807) is 6.07 Å². The fraction of sp³-hybridized carbons (Fsp3) is 0.424. The number of allylic oxidation sites excluding steroid dienone is 5. The van der Waals surface area contributed by atoms with Crippen molar-refractivity contribution < 1.29 is 13.9 Å². The summed E-state index contributed by atoms with van der Waals surface area (Å²) < 4.78 is 18.0. The van der Waals surface area contributed by atoms with E-state index in [4.69, 9.17) is 4.74 Å². The second-order valence-electron chi connectivity index (χ2n) is 9.59. The normalized spacial score (nSPS) is 10.8. The summed E-state index contributed by atoms with van der Waals surface area (Å²) in [4.78, 5) is 12.1. The third-order valence-corrected chi connectivity index (χ3v) is 5.59. The number of amides is 1. The van der Waals surface area contributed by atoms with Gasteiger partial charge in [0.2, 0.25) is 0 Å². The van der Waals surface area contributed by atoms with Gasteiger partial charge in [-0.3, -0.25) is 4.79 Å². The Morgan fingerprint density at radius 2 is 1.74 bits per heavy atom. The number of hydrogen-bond donors (Lipinski definition) is 3. The molecule has 0 radical (unpaired) electrons. The Balaban J connectivity index is 0.000000648. The van der Waals surface area contributed by atoms with Gasteiger partial charge in [0.05, 0.1) is 7.11 Å². The molecular weight excluding hydrogens is 489 g/mol. The molecule has 0 aliphatic heterocycles. The van der Waals surface area contributed by atoms with Crippen LogP contribution < -0.4 is 20.7 Å². The van der Waals surface area contributed by atoms with E-state index in [1.165, 1.54) is 13.2 Å². The van der Waals surface area contributed by atoms with Crippen LogP contribution in [-0.2, 0) is 0 Å². The van der Waals surface area contributed by atoms with Crippen LogP contribution in [0.15, 0.2) is 66.9 Å². The number of nitrogens with one attached hydrogen (secondary N) is 3. The average molecular weight is 540 g/mol. The Bertz CT molecular complexity index is 1070. The number of halogens is 1. The lowest BCUT2D eigenvalue weighted by Crippen LogP contribution is -2.25. The molecule has 0 saturated heterocycles. The molecule has 0 spiro atoms. The van der Waals surface area contributed by atoms with Gasteiger partial charge in [0.15, 0.2) is 11.6 Å². The van der Waals surface area contributed by atoms with Crippen LogP contribution in [0.4, 0.5) is 10.1 Å². The molecule has 1 amide bonds. The summed E-state index contributed by atoms with van der Waals surface area (Å²) in [5, 5.41) is 9.19. The van der Waals surface area contributed by atoms with Crippen LogP contribution in [-0.4, -0.2) is 33.2 Å². The van der Waals surface area contributed by atoms with E-state index in [0.717, 1.165) is 59.0 Å². The zero-order valence-corrected chi connectivity index (χ0v) is 25.5. The summed E-state index contributed by atoms with van der Waals surface area (Å²) in [5.74, 6) is 0.678. The predicted molar refractivity (Wildman–Crippen MR) is 167 cm³/mol. The van der Waals surface area contributed by atoms with Crippen LogP contribution >= 0.6 is 0 Å². The summed E-state index contributed by atoms with van der Waals surface area (Å²) in [6.45, 7) is 19.6. The number of aryl methyl sites for hydroxylation is 1. The lowest BCUT2D eigenvalue weighted by atomic mass is 10.1. The fourth-order valence-corrected chi connectivity index (χ4v) is 3.43. The van der Waals surface area contributed by atoms with Crippen LogP contribution in [0, 0.1) is 18.7 Å². The van der Waals surface area contributed by atoms with Gasteiger partial charge in [-0.25, -0.2) is 4.39 Å². The lowest BCUT2D eigenvalue weighted by Gasteiger charge is -2.11. The van der Waals surface area contributed by atoms with Gasteiger partial charge in [-0.05, 0) is 114 Å². The van der Waals surface area contributed by atoms with Gasteiger partial charge in [-0.1, -0.05) is 44.7 Å². The van der Waals surface area contributed by atoms with Gasteiger partial charge in [0, 0.05) is 23.5 Å². The minimum absolute atomic E-state index is 0.00571.